The van der Waals surface area contributed by atoms with Crippen LogP contribution in [0.3, 0.4) is 0 Å². The van der Waals surface area contributed by atoms with Gasteiger partial charge in [-0.15, -0.1) is 10.2 Å². The van der Waals surface area contributed by atoms with Crippen LogP contribution in [0.5, 0.6) is 0 Å². The maximum atomic E-state index is 13.8. The Labute approximate surface area is 367 Å². The zero-order valence-electron chi connectivity index (χ0n) is 36.7. The number of piperidine rings is 2. The molecule has 8 rings (SSSR count). The van der Waals surface area contributed by atoms with Crippen LogP contribution in [0.15, 0.2) is 42.5 Å². The van der Waals surface area contributed by atoms with Gasteiger partial charge in [-0.3, -0.25) is 33.7 Å². The second-order valence-electron chi connectivity index (χ2n) is 18.5. The summed E-state index contributed by atoms with van der Waals surface area (Å²) in [7, 11) is 2.08. The average molecular weight is 864 g/mol. The first-order chi connectivity index (χ1) is 30.0. The zero-order valence-corrected chi connectivity index (χ0v) is 36.7. The van der Waals surface area contributed by atoms with Crippen LogP contribution in [-0.4, -0.2) is 149 Å². The van der Waals surface area contributed by atoms with Gasteiger partial charge in [-0.05, 0) is 121 Å². The number of amides is 5. The highest BCUT2D eigenvalue weighted by Crippen LogP contribution is 2.35. The molecule has 0 saturated carbocycles. The number of nitrogens with zero attached hydrogens (tertiary/aromatic N) is 9. The van der Waals surface area contributed by atoms with Crippen molar-refractivity contribution in [3.8, 4) is 0 Å². The topological polar surface area (TPSA) is 208 Å². The molecule has 3 aromatic rings. The lowest BCUT2D eigenvalue weighted by atomic mass is 9.89. The van der Waals surface area contributed by atoms with Crippen LogP contribution in [0.1, 0.15) is 102 Å². The van der Waals surface area contributed by atoms with Gasteiger partial charge in [0.2, 0.25) is 11.9 Å². The average Bonchev–Trinajstić information content (AvgIpc) is 3.82. The number of aromatic nitrogens is 3. The molecule has 5 amide bonds. The minimum absolute atomic E-state index is 0.00304. The Morgan fingerprint density at radius 3 is 2.24 bits per heavy atom. The molecule has 3 unspecified atom stereocenters. The van der Waals surface area contributed by atoms with Gasteiger partial charge in [0.1, 0.15) is 6.04 Å². The summed E-state index contributed by atoms with van der Waals surface area (Å²) < 4.78 is 5.45. The monoisotopic (exact) mass is 863 g/mol. The van der Waals surface area contributed by atoms with E-state index in [4.69, 9.17) is 10.5 Å². The molecule has 2 aromatic carbocycles. The molecular weight excluding hydrogens is 807 g/mol. The minimum Gasteiger partial charge on any atom is -0.441 e. The highest BCUT2D eigenvalue weighted by Gasteiger charge is 2.49. The Bertz CT molecular complexity index is 2280. The number of carbonyl (C=O) groups is 6. The van der Waals surface area contributed by atoms with Crippen molar-refractivity contribution in [2.45, 2.75) is 78.0 Å². The summed E-state index contributed by atoms with van der Waals surface area (Å²) in [5.74, 6) is -2.05. The van der Waals surface area contributed by atoms with E-state index < -0.39 is 53.2 Å². The van der Waals surface area contributed by atoms with Gasteiger partial charge in [-0.1, -0.05) is 12.1 Å². The third kappa shape index (κ3) is 9.09. The molecule has 18 nitrogen and oxygen atoms in total. The maximum Gasteiger partial charge on any atom is 0.313 e. The van der Waals surface area contributed by atoms with Gasteiger partial charge in [0.05, 0.1) is 16.5 Å². The summed E-state index contributed by atoms with van der Waals surface area (Å²) in [6.07, 6.45) is 1.81. The normalized spacial score (nSPS) is 22.2. The third-order valence-corrected chi connectivity index (χ3v) is 13.0. The fourth-order valence-electron chi connectivity index (χ4n) is 9.24. The van der Waals surface area contributed by atoms with E-state index in [1.807, 2.05) is 18.2 Å². The van der Waals surface area contributed by atoms with E-state index in [2.05, 4.69) is 59.3 Å². The van der Waals surface area contributed by atoms with E-state index in [0.717, 1.165) is 99.3 Å². The predicted molar refractivity (Wildman–Crippen MR) is 233 cm³/mol. The Morgan fingerprint density at radius 2 is 1.56 bits per heavy atom. The van der Waals surface area contributed by atoms with Crippen LogP contribution in [0.25, 0.3) is 0 Å². The predicted octanol–water partition coefficient (Wildman–Crippen LogP) is 3.22. The lowest BCUT2D eigenvalue weighted by Gasteiger charge is -2.37. The summed E-state index contributed by atoms with van der Waals surface area (Å²) in [4.78, 5) is 94.3. The minimum atomic E-state index is -1.19. The highest BCUT2D eigenvalue weighted by atomic mass is 16.6. The van der Waals surface area contributed by atoms with Crippen LogP contribution in [0, 0.1) is 11.3 Å². The molecule has 0 aliphatic carbocycles. The molecule has 0 radical (unpaired) electrons. The summed E-state index contributed by atoms with van der Waals surface area (Å²) in [5.41, 5.74) is 8.13. The molecule has 334 valence electrons. The first kappa shape index (κ1) is 43.6. The second-order valence-corrected chi connectivity index (χ2v) is 18.5. The molecule has 5 aliphatic heterocycles. The molecule has 63 heavy (non-hydrogen) atoms. The highest BCUT2D eigenvalue weighted by molar-refractivity contribution is 6.23. The fraction of sp³-hybridized carbons (Fsp3) is 0.533. The number of rotatable bonds is 11. The number of piperazine rings is 1. The fourth-order valence-corrected chi connectivity index (χ4v) is 9.24. The van der Waals surface area contributed by atoms with Gasteiger partial charge in [0.15, 0.2) is 17.7 Å². The van der Waals surface area contributed by atoms with E-state index in [0.29, 0.717) is 17.8 Å². The molecule has 4 fully saturated rings. The smallest absolute Gasteiger partial charge is 0.313 e. The SMILES string of the molecule is CC(OC(=O)C(C)(C)C)N1C(=O)CCC(N2C(=O)c3ccc(N4CCC(CN5CCC(c6ccc(Nc7nc(N8CCN(C)CC8)nnc7C(N)=O)cc6)CC5)C4)cc3C2=O)C1=O. The van der Waals surface area contributed by atoms with Gasteiger partial charge < -0.3 is 35.4 Å². The van der Waals surface area contributed by atoms with E-state index >= 15 is 0 Å². The van der Waals surface area contributed by atoms with Crippen molar-refractivity contribution in [3.63, 3.8) is 0 Å². The van der Waals surface area contributed by atoms with E-state index in [1.54, 1.807) is 32.9 Å². The van der Waals surface area contributed by atoms with Gasteiger partial charge in [-0.2, -0.15) is 4.98 Å². The van der Waals surface area contributed by atoms with Crippen molar-refractivity contribution in [3.05, 3.63) is 64.8 Å². The summed E-state index contributed by atoms with van der Waals surface area (Å²) in [6.45, 7) is 14.3. The van der Waals surface area contributed by atoms with Crippen LogP contribution in [0.2, 0.25) is 0 Å². The van der Waals surface area contributed by atoms with Crippen LogP contribution < -0.4 is 20.9 Å². The molecule has 1 aromatic heterocycles. The third-order valence-electron chi connectivity index (χ3n) is 13.0. The number of benzene rings is 2. The van der Waals surface area contributed by atoms with E-state index in [-0.39, 0.29) is 35.5 Å². The number of anilines is 4. The second kappa shape index (κ2) is 17.6. The standard InChI is InChI=1S/C45H57N11O7/c1-27(63-43(62)45(2,3)4)55-36(57)13-12-35(42(55)61)56-40(59)33-11-10-32(24-34(33)41(56)60)54-19-14-28(26-54)25-52-17-15-30(16-18-52)29-6-8-31(9-7-29)47-39-37(38(46)58)49-50-44(48-39)53-22-20-51(5)21-23-53/h6-11,24,27-28,30,35H,12-23,25-26H2,1-5H3,(H2,46,58)(H,47,48,50). The first-order valence-electron chi connectivity index (χ1n) is 22.0. The molecule has 6 heterocycles. The summed E-state index contributed by atoms with van der Waals surface area (Å²) >= 11 is 0. The Balaban J connectivity index is 0.833. The Kier molecular flexibility index (Phi) is 12.2. The molecule has 0 spiro atoms. The van der Waals surface area contributed by atoms with E-state index in [1.165, 1.54) is 12.5 Å². The number of primary amides is 1. The largest absolute Gasteiger partial charge is 0.441 e. The molecule has 18 heteroatoms. The van der Waals surface area contributed by atoms with Crippen LogP contribution in [0.4, 0.5) is 23.1 Å². The lowest BCUT2D eigenvalue weighted by molar-refractivity contribution is -0.178. The van der Waals surface area contributed by atoms with Crippen molar-refractivity contribution in [2.24, 2.45) is 17.1 Å². The lowest BCUT2D eigenvalue weighted by Crippen LogP contribution is -2.59. The van der Waals surface area contributed by atoms with Crippen LogP contribution >= 0.6 is 0 Å². The van der Waals surface area contributed by atoms with Crippen molar-refractivity contribution >= 4 is 58.6 Å². The number of hydrogen-bond donors (Lipinski definition) is 2. The van der Waals surface area contributed by atoms with E-state index in [9.17, 15) is 28.8 Å². The number of esters is 1. The number of likely N-dealkylation sites (tertiary alicyclic amines) is 2. The summed E-state index contributed by atoms with van der Waals surface area (Å²) in [6, 6.07) is 12.3. The maximum absolute atomic E-state index is 13.8. The molecule has 4 saturated heterocycles. The number of carbonyl (C=O) groups excluding carboxylic acids is 6. The molecule has 3 atom stereocenters. The van der Waals surface area contributed by atoms with Crippen molar-refractivity contribution in [1.82, 2.24) is 34.8 Å². The Morgan fingerprint density at radius 1 is 0.857 bits per heavy atom. The molecular formula is C45H57N11O7. The number of likely N-dealkylation sites (N-methyl/N-ethyl adjacent to an activating group) is 1. The number of nitrogens with one attached hydrogen (secondary N) is 1. The van der Waals surface area contributed by atoms with Gasteiger partial charge in [0.25, 0.3) is 23.6 Å². The number of imide groups is 2. The van der Waals surface area contributed by atoms with Gasteiger partial charge >= 0.3 is 5.97 Å². The number of hydrogen-bond acceptors (Lipinski definition) is 15. The van der Waals surface area contributed by atoms with Crippen molar-refractivity contribution in [2.75, 3.05) is 81.1 Å². The molecule has 5 aliphatic rings. The van der Waals surface area contributed by atoms with Gasteiger partial charge in [0, 0.05) is 63.6 Å². The molecule has 3 N–H and O–H groups in total. The van der Waals surface area contributed by atoms with Gasteiger partial charge in [-0.25, -0.2) is 4.90 Å². The quantitative estimate of drug-likeness (QED) is 0.210. The summed E-state index contributed by atoms with van der Waals surface area (Å²) in [5, 5.41) is 11.5. The van der Waals surface area contributed by atoms with Crippen molar-refractivity contribution in [1.29, 1.82) is 0 Å². The number of fused-ring (bicyclic) bond motifs is 1. The number of nitrogens with two attached hydrogens (primary N) is 1. The molecule has 0 bridgehead atoms. The zero-order chi connectivity index (χ0) is 44.7. The number of ether oxygens (including phenoxy) is 1. The Hall–Kier alpha value is -6.01. The van der Waals surface area contributed by atoms with Crippen molar-refractivity contribution < 1.29 is 33.5 Å². The van der Waals surface area contributed by atoms with Crippen LogP contribution in [-0.2, 0) is 19.1 Å². The first-order valence-corrected chi connectivity index (χ1v) is 22.0.